The highest BCUT2D eigenvalue weighted by Gasteiger charge is 2.27. The Morgan fingerprint density at radius 3 is 2.81 bits per heavy atom. The molecule has 0 saturated heterocycles. The summed E-state index contributed by atoms with van der Waals surface area (Å²) in [5.74, 6) is -0.649. The van der Waals surface area contributed by atoms with Crippen molar-refractivity contribution < 1.29 is 23.0 Å². The number of hydrogen-bond donors (Lipinski definition) is 0. The van der Waals surface area contributed by atoms with Gasteiger partial charge in [0, 0.05) is 12.6 Å². The van der Waals surface area contributed by atoms with Gasteiger partial charge in [-0.1, -0.05) is 11.6 Å². The van der Waals surface area contributed by atoms with Crippen LogP contribution in [-0.4, -0.2) is 25.7 Å². The van der Waals surface area contributed by atoms with Crippen molar-refractivity contribution in [2.75, 3.05) is 24.7 Å². The Morgan fingerprint density at radius 2 is 1.96 bits per heavy atom. The molecule has 0 aromatic heterocycles. The molecule has 1 amide bonds. The number of hydrogen-bond acceptors (Lipinski definition) is 3. The number of anilines is 1. The van der Waals surface area contributed by atoms with Gasteiger partial charge in [-0.05, 0) is 42.2 Å². The van der Waals surface area contributed by atoms with Crippen molar-refractivity contribution in [2.24, 2.45) is 0 Å². The maximum absolute atomic E-state index is 14.3. The van der Waals surface area contributed by atoms with E-state index < -0.39 is 11.6 Å². The summed E-state index contributed by atoms with van der Waals surface area (Å²) >= 11 is 6.21. The summed E-state index contributed by atoms with van der Waals surface area (Å²) in [7, 11) is 0. The zero-order valence-corrected chi connectivity index (χ0v) is 14.6. The lowest BCUT2D eigenvalue weighted by atomic mass is 10.00. The molecule has 0 radical (unpaired) electrons. The summed E-state index contributed by atoms with van der Waals surface area (Å²) in [6.07, 6.45) is 1.24. The summed E-state index contributed by atoms with van der Waals surface area (Å²) in [6.45, 7) is 1.23. The molecule has 0 aliphatic carbocycles. The average Bonchev–Trinajstić information content (AvgIpc) is 2.61. The Balaban J connectivity index is 1.62. The van der Waals surface area contributed by atoms with Gasteiger partial charge in [0.05, 0.1) is 17.1 Å². The van der Waals surface area contributed by atoms with Crippen LogP contribution in [0.5, 0.6) is 11.5 Å². The van der Waals surface area contributed by atoms with Crippen molar-refractivity contribution in [3.05, 3.63) is 52.0 Å². The van der Waals surface area contributed by atoms with Crippen LogP contribution in [0.25, 0.3) is 0 Å². The third kappa shape index (κ3) is 3.09. The number of rotatable bonds is 2. The molecule has 2 aliphatic heterocycles. The van der Waals surface area contributed by atoms with Crippen molar-refractivity contribution in [2.45, 2.75) is 19.3 Å². The lowest BCUT2D eigenvalue weighted by Gasteiger charge is -2.30. The molecule has 0 bridgehead atoms. The number of halogens is 3. The van der Waals surface area contributed by atoms with E-state index >= 15 is 0 Å². The minimum absolute atomic E-state index is 0.0343. The Bertz CT molecular complexity index is 888. The topological polar surface area (TPSA) is 38.8 Å². The molecule has 7 heteroatoms. The molecule has 0 fully saturated rings. The Labute approximate surface area is 154 Å². The van der Waals surface area contributed by atoms with E-state index in [-0.39, 0.29) is 18.0 Å². The fourth-order valence-electron chi connectivity index (χ4n) is 3.44. The summed E-state index contributed by atoms with van der Waals surface area (Å²) in [4.78, 5) is 14.2. The smallest absolute Gasteiger partial charge is 0.231 e. The maximum atomic E-state index is 14.3. The van der Waals surface area contributed by atoms with E-state index in [1.165, 1.54) is 11.0 Å². The van der Waals surface area contributed by atoms with Crippen molar-refractivity contribution in [3.8, 4) is 11.5 Å². The van der Waals surface area contributed by atoms with Gasteiger partial charge < -0.3 is 14.4 Å². The van der Waals surface area contributed by atoms with Gasteiger partial charge in [-0.15, -0.1) is 0 Å². The van der Waals surface area contributed by atoms with Crippen LogP contribution < -0.4 is 14.4 Å². The lowest BCUT2D eigenvalue weighted by Crippen LogP contribution is -2.37. The van der Waals surface area contributed by atoms with Gasteiger partial charge in [-0.2, -0.15) is 0 Å². The summed E-state index contributed by atoms with van der Waals surface area (Å²) in [5, 5.41) is 0.372. The number of fused-ring (bicyclic) bond motifs is 2. The number of carbonyl (C=O) groups is 1. The van der Waals surface area contributed by atoms with Gasteiger partial charge in [0.25, 0.3) is 0 Å². The monoisotopic (exact) mass is 379 g/mol. The van der Waals surface area contributed by atoms with Crippen LogP contribution >= 0.6 is 11.6 Å². The lowest BCUT2D eigenvalue weighted by molar-refractivity contribution is -0.118. The third-order valence-electron chi connectivity index (χ3n) is 4.52. The molecular formula is C19H16ClF2NO3. The molecule has 0 unspecified atom stereocenters. The molecule has 0 spiro atoms. The molecule has 2 heterocycles. The molecule has 0 saturated carbocycles. The van der Waals surface area contributed by atoms with Crippen LogP contribution in [0.4, 0.5) is 14.5 Å². The fraction of sp³-hybridized carbons (Fsp3) is 0.316. The number of nitrogens with zero attached hydrogens (tertiary/aromatic N) is 1. The minimum Gasteiger partial charge on any atom is -0.486 e. The van der Waals surface area contributed by atoms with Gasteiger partial charge >= 0.3 is 0 Å². The first-order chi connectivity index (χ1) is 12.5. The zero-order chi connectivity index (χ0) is 18.3. The Morgan fingerprint density at radius 1 is 1.15 bits per heavy atom. The predicted octanol–water partition coefficient (Wildman–Crippen LogP) is 3.91. The maximum Gasteiger partial charge on any atom is 0.231 e. The number of benzene rings is 2. The van der Waals surface area contributed by atoms with Crippen molar-refractivity contribution in [1.29, 1.82) is 0 Å². The Hall–Kier alpha value is -2.34. The first-order valence-electron chi connectivity index (χ1n) is 8.39. The van der Waals surface area contributed by atoms with Gasteiger partial charge in [0.1, 0.15) is 24.8 Å². The molecule has 2 aromatic rings. The summed E-state index contributed by atoms with van der Waals surface area (Å²) in [5.41, 5.74) is 1.34. The van der Waals surface area contributed by atoms with E-state index in [4.69, 9.17) is 21.1 Å². The molecule has 0 atom stereocenters. The van der Waals surface area contributed by atoms with Crippen molar-refractivity contribution in [1.82, 2.24) is 0 Å². The van der Waals surface area contributed by atoms with Gasteiger partial charge in [0.2, 0.25) is 5.91 Å². The standard InChI is InChI=1S/C19H16ClF2NO3/c20-14-6-11(7-16-19(14)26-5-4-25-16)8-17(24)23-3-1-2-12-9-13(21)10-15(22)18(12)23/h6-7,9-10H,1-5,8H2. The van der Waals surface area contributed by atoms with E-state index in [0.717, 1.165) is 6.07 Å². The van der Waals surface area contributed by atoms with E-state index in [1.54, 1.807) is 12.1 Å². The second-order valence-corrected chi connectivity index (χ2v) is 6.73. The highest BCUT2D eigenvalue weighted by Crippen LogP contribution is 2.39. The molecule has 2 aromatic carbocycles. The van der Waals surface area contributed by atoms with Crippen LogP contribution in [0.3, 0.4) is 0 Å². The average molecular weight is 380 g/mol. The van der Waals surface area contributed by atoms with Gasteiger partial charge in [0.15, 0.2) is 11.5 Å². The van der Waals surface area contributed by atoms with Crippen molar-refractivity contribution >= 4 is 23.2 Å². The van der Waals surface area contributed by atoms with Crippen LogP contribution in [0.1, 0.15) is 17.5 Å². The summed E-state index contributed by atoms with van der Waals surface area (Å²) in [6, 6.07) is 5.47. The molecule has 0 N–H and O–H groups in total. The van der Waals surface area contributed by atoms with E-state index in [9.17, 15) is 13.6 Å². The molecule has 26 heavy (non-hydrogen) atoms. The molecule has 4 rings (SSSR count). The first-order valence-corrected chi connectivity index (χ1v) is 8.77. The first kappa shape index (κ1) is 17.1. The molecule has 136 valence electrons. The van der Waals surface area contributed by atoms with Crippen molar-refractivity contribution in [3.63, 3.8) is 0 Å². The van der Waals surface area contributed by atoms with Crippen LogP contribution in [0.15, 0.2) is 24.3 Å². The fourth-order valence-corrected chi connectivity index (χ4v) is 3.73. The Kier molecular flexibility index (Phi) is 4.44. The number of ether oxygens (including phenoxy) is 2. The number of amides is 1. The van der Waals surface area contributed by atoms with Crippen LogP contribution in [0, 0.1) is 11.6 Å². The third-order valence-corrected chi connectivity index (χ3v) is 4.80. The normalized spacial score (nSPS) is 15.6. The number of aryl methyl sites for hydroxylation is 1. The highest BCUT2D eigenvalue weighted by molar-refractivity contribution is 6.32. The van der Waals surface area contributed by atoms with Crippen LogP contribution in [-0.2, 0) is 17.6 Å². The van der Waals surface area contributed by atoms with E-state index in [0.29, 0.717) is 60.2 Å². The molecule has 4 nitrogen and oxygen atoms in total. The zero-order valence-electron chi connectivity index (χ0n) is 13.9. The molecular weight excluding hydrogens is 364 g/mol. The second kappa shape index (κ2) is 6.76. The minimum atomic E-state index is -0.715. The van der Waals surface area contributed by atoms with Gasteiger partial charge in [-0.25, -0.2) is 8.78 Å². The highest BCUT2D eigenvalue weighted by atomic mass is 35.5. The van der Waals surface area contributed by atoms with E-state index in [2.05, 4.69) is 0 Å². The van der Waals surface area contributed by atoms with Crippen LogP contribution in [0.2, 0.25) is 5.02 Å². The molecule has 2 aliphatic rings. The van der Waals surface area contributed by atoms with Gasteiger partial charge in [-0.3, -0.25) is 4.79 Å². The largest absolute Gasteiger partial charge is 0.486 e. The predicted molar refractivity (Wildman–Crippen MR) is 93.2 cm³/mol. The SMILES string of the molecule is O=C(Cc1cc(Cl)c2c(c1)OCCO2)N1CCCc2cc(F)cc(F)c21. The quantitative estimate of drug-likeness (QED) is 0.794. The summed E-state index contributed by atoms with van der Waals surface area (Å²) < 4.78 is 38.7. The van der Waals surface area contributed by atoms with E-state index in [1.807, 2.05) is 0 Å². The number of carbonyl (C=O) groups excluding carboxylic acids is 1. The second-order valence-electron chi connectivity index (χ2n) is 6.32.